The molecule has 4 heteroatoms. The van der Waals surface area contributed by atoms with Crippen LogP contribution < -0.4 is 5.43 Å². The predicted octanol–water partition coefficient (Wildman–Crippen LogP) is 1.96. The molecule has 0 saturated heterocycles. The Kier molecular flexibility index (Phi) is 3.55. The van der Waals surface area contributed by atoms with Gasteiger partial charge in [-0.1, -0.05) is 24.3 Å². The van der Waals surface area contributed by atoms with Crippen molar-refractivity contribution >= 4 is 0 Å². The fourth-order valence-corrected chi connectivity index (χ4v) is 2.95. The Bertz CT molecular complexity index is 734. The van der Waals surface area contributed by atoms with Crippen LogP contribution in [0.2, 0.25) is 0 Å². The zero-order valence-corrected chi connectivity index (χ0v) is 12.5. The first-order valence-corrected chi connectivity index (χ1v) is 7.24. The summed E-state index contributed by atoms with van der Waals surface area (Å²) in [5.41, 5.74) is 4.00. The number of aromatic hydroxyl groups is 1. The first kappa shape index (κ1) is 13.9. The monoisotopic (exact) mass is 284 g/mol. The Morgan fingerprint density at radius 3 is 2.71 bits per heavy atom. The lowest BCUT2D eigenvalue weighted by atomic mass is 10.00. The van der Waals surface area contributed by atoms with Crippen molar-refractivity contribution in [3.63, 3.8) is 0 Å². The van der Waals surface area contributed by atoms with Gasteiger partial charge < -0.3 is 9.67 Å². The van der Waals surface area contributed by atoms with Crippen molar-refractivity contribution < 1.29 is 5.11 Å². The molecular formula is C17H20N2O2. The number of nitrogens with zero attached hydrogens (tertiary/aromatic N) is 2. The average molecular weight is 284 g/mol. The van der Waals surface area contributed by atoms with E-state index in [1.165, 1.54) is 17.2 Å². The molecule has 1 aliphatic heterocycles. The van der Waals surface area contributed by atoms with Crippen LogP contribution in [0.15, 0.2) is 35.1 Å². The summed E-state index contributed by atoms with van der Waals surface area (Å²) in [5, 5.41) is 10.1. The molecule has 3 rings (SSSR count). The molecule has 21 heavy (non-hydrogen) atoms. The summed E-state index contributed by atoms with van der Waals surface area (Å²) in [5.74, 6) is -0.123. The smallest absolute Gasteiger partial charge is 0.223 e. The van der Waals surface area contributed by atoms with Gasteiger partial charge in [0.25, 0.3) is 0 Å². The molecule has 0 amide bonds. The number of aryl methyl sites for hydroxylation is 1. The van der Waals surface area contributed by atoms with E-state index in [1.807, 2.05) is 18.5 Å². The minimum absolute atomic E-state index is 0.123. The van der Waals surface area contributed by atoms with Gasteiger partial charge in [0.2, 0.25) is 5.43 Å². The van der Waals surface area contributed by atoms with E-state index in [0.29, 0.717) is 12.2 Å². The molecule has 4 nitrogen and oxygen atoms in total. The highest BCUT2D eigenvalue weighted by atomic mass is 16.3. The van der Waals surface area contributed by atoms with Gasteiger partial charge in [-0.25, -0.2) is 0 Å². The molecule has 0 spiro atoms. The van der Waals surface area contributed by atoms with Gasteiger partial charge in [-0.2, -0.15) is 0 Å². The zero-order valence-electron chi connectivity index (χ0n) is 12.5. The van der Waals surface area contributed by atoms with E-state index < -0.39 is 0 Å². The van der Waals surface area contributed by atoms with E-state index in [4.69, 9.17) is 0 Å². The van der Waals surface area contributed by atoms with Crippen LogP contribution in [0, 0.1) is 6.92 Å². The number of benzene rings is 1. The van der Waals surface area contributed by atoms with Crippen molar-refractivity contribution in [3.8, 4) is 5.75 Å². The normalized spacial score (nSPS) is 15.0. The summed E-state index contributed by atoms with van der Waals surface area (Å²) in [7, 11) is 1.89. The molecule has 1 aliphatic rings. The van der Waals surface area contributed by atoms with Crippen LogP contribution in [0.5, 0.6) is 5.75 Å². The Balaban J connectivity index is 1.88. The number of aromatic nitrogens is 1. The van der Waals surface area contributed by atoms with Gasteiger partial charge in [0.1, 0.15) is 0 Å². The maximum Gasteiger partial charge on any atom is 0.223 e. The minimum Gasteiger partial charge on any atom is -0.503 e. The number of pyridine rings is 1. The molecule has 1 aromatic carbocycles. The van der Waals surface area contributed by atoms with E-state index in [1.54, 1.807) is 0 Å². The standard InChI is InChI=1S/C17H20N2O2/c1-12-9-16(20)17(21)15(18(12)2)11-19-8-7-13-5-3-4-6-14(13)10-19/h3-6,9,21H,7-8,10-11H2,1-2H3. The van der Waals surface area contributed by atoms with Crippen LogP contribution in [0.25, 0.3) is 0 Å². The van der Waals surface area contributed by atoms with Crippen molar-refractivity contribution in [2.24, 2.45) is 7.05 Å². The summed E-state index contributed by atoms with van der Waals surface area (Å²) in [6.45, 7) is 4.28. The molecule has 0 bridgehead atoms. The van der Waals surface area contributed by atoms with Gasteiger partial charge in [-0.15, -0.1) is 0 Å². The highest BCUT2D eigenvalue weighted by Gasteiger charge is 2.19. The number of hydrogen-bond donors (Lipinski definition) is 1. The quantitative estimate of drug-likeness (QED) is 0.917. The summed E-state index contributed by atoms with van der Waals surface area (Å²) < 4.78 is 1.90. The largest absolute Gasteiger partial charge is 0.503 e. The van der Waals surface area contributed by atoms with Crippen LogP contribution in [0.3, 0.4) is 0 Å². The van der Waals surface area contributed by atoms with Crippen LogP contribution in [0.4, 0.5) is 0 Å². The van der Waals surface area contributed by atoms with Crippen molar-refractivity contribution in [2.45, 2.75) is 26.4 Å². The first-order chi connectivity index (χ1) is 10.1. The lowest BCUT2D eigenvalue weighted by Crippen LogP contribution is -2.31. The van der Waals surface area contributed by atoms with E-state index in [9.17, 15) is 9.90 Å². The molecular weight excluding hydrogens is 264 g/mol. The lowest BCUT2D eigenvalue weighted by molar-refractivity contribution is 0.235. The third kappa shape index (κ3) is 2.59. The molecule has 0 saturated carbocycles. The zero-order chi connectivity index (χ0) is 15.0. The maximum atomic E-state index is 11.8. The van der Waals surface area contributed by atoms with Crippen molar-refractivity contribution in [1.29, 1.82) is 0 Å². The summed E-state index contributed by atoms with van der Waals surface area (Å²) in [4.78, 5) is 14.0. The first-order valence-electron chi connectivity index (χ1n) is 7.24. The van der Waals surface area contributed by atoms with E-state index in [0.717, 1.165) is 25.2 Å². The second kappa shape index (κ2) is 5.37. The van der Waals surface area contributed by atoms with Crippen molar-refractivity contribution in [3.05, 3.63) is 63.1 Å². The predicted molar refractivity (Wildman–Crippen MR) is 82.3 cm³/mol. The highest BCUT2D eigenvalue weighted by Crippen LogP contribution is 2.22. The maximum absolute atomic E-state index is 11.8. The fraction of sp³-hybridized carbons (Fsp3) is 0.353. The van der Waals surface area contributed by atoms with Gasteiger partial charge in [0.15, 0.2) is 5.75 Å². The van der Waals surface area contributed by atoms with Crippen LogP contribution in [0.1, 0.15) is 22.5 Å². The van der Waals surface area contributed by atoms with Crippen molar-refractivity contribution in [2.75, 3.05) is 6.54 Å². The molecule has 0 fully saturated rings. The molecule has 0 atom stereocenters. The number of hydrogen-bond acceptors (Lipinski definition) is 3. The van der Waals surface area contributed by atoms with Crippen LogP contribution >= 0.6 is 0 Å². The summed E-state index contributed by atoms with van der Waals surface area (Å²) >= 11 is 0. The van der Waals surface area contributed by atoms with Crippen LogP contribution in [-0.2, 0) is 26.6 Å². The Morgan fingerprint density at radius 1 is 1.24 bits per heavy atom. The molecule has 0 unspecified atom stereocenters. The SMILES string of the molecule is Cc1cc(=O)c(O)c(CN2CCc3ccccc3C2)n1C. The Morgan fingerprint density at radius 2 is 1.95 bits per heavy atom. The molecule has 2 aromatic rings. The van der Waals surface area contributed by atoms with Gasteiger partial charge in [-0.05, 0) is 24.5 Å². The van der Waals surface area contributed by atoms with E-state index >= 15 is 0 Å². The lowest BCUT2D eigenvalue weighted by Gasteiger charge is -2.29. The molecule has 0 radical (unpaired) electrons. The number of rotatable bonds is 2. The van der Waals surface area contributed by atoms with Crippen LogP contribution in [-0.4, -0.2) is 21.1 Å². The molecule has 2 heterocycles. The third-order valence-corrected chi connectivity index (χ3v) is 4.36. The molecule has 1 N–H and O–H groups in total. The van der Waals surface area contributed by atoms with E-state index in [-0.39, 0.29) is 11.2 Å². The summed E-state index contributed by atoms with van der Waals surface area (Å²) in [6.07, 6.45) is 1.01. The Hall–Kier alpha value is -2.07. The van der Waals surface area contributed by atoms with Gasteiger partial charge in [0.05, 0.1) is 5.69 Å². The third-order valence-electron chi connectivity index (χ3n) is 4.36. The van der Waals surface area contributed by atoms with Gasteiger partial charge in [0, 0.05) is 38.4 Å². The highest BCUT2D eigenvalue weighted by molar-refractivity contribution is 5.31. The molecule has 0 aliphatic carbocycles. The number of fused-ring (bicyclic) bond motifs is 1. The minimum atomic E-state index is -0.294. The Labute approximate surface area is 124 Å². The van der Waals surface area contributed by atoms with Gasteiger partial charge >= 0.3 is 0 Å². The summed E-state index contributed by atoms with van der Waals surface area (Å²) in [6, 6.07) is 9.93. The fourth-order valence-electron chi connectivity index (χ4n) is 2.95. The van der Waals surface area contributed by atoms with E-state index in [2.05, 4.69) is 29.2 Å². The van der Waals surface area contributed by atoms with Crippen molar-refractivity contribution in [1.82, 2.24) is 9.47 Å². The van der Waals surface area contributed by atoms with Gasteiger partial charge in [-0.3, -0.25) is 9.69 Å². The topological polar surface area (TPSA) is 45.5 Å². The average Bonchev–Trinajstić information content (AvgIpc) is 2.49. The molecule has 110 valence electrons. The second-order valence-corrected chi connectivity index (χ2v) is 5.73. The molecule has 1 aromatic heterocycles. The second-order valence-electron chi connectivity index (χ2n) is 5.73.